The summed E-state index contributed by atoms with van der Waals surface area (Å²) >= 11 is 0. The number of esters is 1. The molecule has 28 heavy (non-hydrogen) atoms. The van der Waals surface area contributed by atoms with Crippen LogP contribution in [0.3, 0.4) is 0 Å². The van der Waals surface area contributed by atoms with Gasteiger partial charge in [-0.2, -0.15) is 5.10 Å². The third kappa shape index (κ3) is 5.26. The minimum Gasteiger partial charge on any atom is -0.451 e. The van der Waals surface area contributed by atoms with E-state index in [2.05, 4.69) is 15.5 Å². The summed E-state index contributed by atoms with van der Waals surface area (Å²) < 4.78 is 17.8. The van der Waals surface area contributed by atoms with Crippen LogP contribution in [0.5, 0.6) is 0 Å². The summed E-state index contributed by atoms with van der Waals surface area (Å²) in [7, 11) is 0. The van der Waals surface area contributed by atoms with E-state index in [0.717, 1.165) is 16.7 Å². The lowest BCUT2D eigenvalue weighted by atomic mass is 10.1. The third-order valence-corrected chi connectivity index (χ3v) is 4.13. The summed E-state index contributed by atoms with van der Waals surface area (Å²) in [5, 5.41) is 9.38. The lowest BCUT2D eigenvalue weighted by Gasteiger charge is -2.06. The third-order valence-electron chi connectivity index (χ3n) is 4.13. The van der Waals surface area contributed by atoms with Gasteiger partial charge in [-0.3, -0.25) is 9.89 Å². The largest absolute Gasteiger partial charge is 0.451 e. The topological polar surface area (TPSA) is 84.1 Å². The zero-order chi connectivity index (χ0) is 19.9. The predicted octanol–water partition coefficient (Wildman–Crippen LogP) is 3.04. The molecule has 0 aliphatic heterocycles. The van der Waals surface area contributed by atoms with Crippen molar-refractivity contribution in [2.45, 2.75) is 13.3 Å². The number of aromatic nitrogens is 2. The number of nitrogens with zero attached hydrogens (tertiary/aromatic N) is 1. The van der Waals surface area contributed by atoms with Gasteiger partial charge < -0.3 is 10.1 Å². The van der Waals surface area contributed by atoms with E-state index in [9.17, 15) is 14.0 Å². The molecule has 2 N–H and O–H groups in total. The molecular weight excluding hydrogens is 361 g/mol. The molecule has 7 heteroatoms. The van der Waals surface area contributed by atoms with Crippen molar-refractivity contribution < 1.29 is 18.7 Å². The number of nitrogens with one attached hydrogen (secondary N) is 2. The fourth-order valence-corrected chi connectivity index (χ4v) is 2.56. The molecule has 0 spiro atoms. The van der Waals surface area contributed by atoms with Gasteiger partial charge in [0.1, 0.15) is 11.5 Å². The smallest absolute Gasteiger partial charge is 0.356 e. The number of H-pyrrole nitrogens is 1. The van der Waals surface area contributed by atoms with E-state index in [1.807, 2.05) is 31.2 Å². The van der Waals surface area contributed by atoms with Crippen LogP contribution >= 0.6 is 0 Å². The van der Waals surface area contributed by atoms with Gasteiger partial charge in [0.2, 0.25) is 0 Å². The highest BCUT2D eigenvalue weighted by molar-refractivity contribution is 5.90. The van der Waals surface area contributed by atoms with E-state index in [4.69, 9.17) is 4.74 Å². The van der Waals surface area contributed by atoms with Crippen LogP contribution in [-0.2, 0) is 16.0 Å². The van der Waals surface area contributed by atoms with Crippen molar-refractivity contribution in [3.63, 3.8) is 0 Å². The van der Waals surface area contributed by atoms with Crippen LogP contribution in [0, 0.1) is 12.7 Å². The average Bonchev–Trinajstić information content (AvgIpc) is 3.18. The van der Waals surface area contributed by atoms with Gasteiger partial charge in [-0.1, -0.05) is 42.0 Å². The molecule has 3 aromatic rings. The van der Waals surface area contributed by atoms with Crippen LogP contribution in [-0.4, -0.2) is 35.2 Å². The van der Waals surface area contributed by atoms with E-state index >= 15 is 0 Å². The Morgan fingerprint density at radius 2 is 1.82 bits per heavy atom. The van der Waals surface area contributed by atoms with Gasteiger partial charge in [0.25, 0.3) is 5.91 Å². The fourth-order valence-electron chi connectivity index (χ4n) is 2.56. The van der Waals surface area contributed by atoms with Crippen molar-refractivity contribution in [3.05, 3.63) is 77.2 Å². The normalized spacial score (nSPS) is 10.5. The standard InChI is InChI=1S/C21H20FN3O3/c1-14-2-6-16(7-3-14)18-12-19(25-24-18)21(27)28-13-20(26)23-11-10-15-4-8-17(22)9-5-15/h2-9,12H,10-11,13H2,1H3,(H,23,26)(H,24,25). The Hall–Kier alpha value is -3.48. The number of halogens is 1. The van der Waals surface area contributed by atoms with Crippen molar-refractivity contribution in [1.29, 1.82) is 0 Å². The molecule has 144 valence electrons. The molecule has 0 atom stereocenters. The van der Waals surface area contributed by atoms with Gasteiger partial charge in [0, 0.05) is 12.1 Å². The van der Waals surface area contributed by atoms with E-state index in [1.54, 1.807) is 18.2 Å². The van der Waals surface area contributed by atoms with Crippen molar-refractivity contribution in [3.8, 4) is 11.3 Å². The first kappa shape index (κ1) is 19.3. The quantitative estimate of drug-likeness (QED) is 0.616. The van der Waals surface area contributed by atoms with Gasteiger partial charge in [0.05, 0.1) is 5.69 Å². The van der Waals surface area contributed by atoms with Crippen LogP contribution < -0.4 is 5.32 Å². The average molecular weight is 381 g/mol. The summed E-state index contributed by atoms with van der Waals surface area (Å²) in [6, 6.07) is 15.4. The number of benzene rings is 2. The summed E-state index contributed by atoms with van der Waals surface area (Å²) in [6.45, 7) is 1.96. The van der Waals surface area contributed by atoms with Crippen molar-refractivity contribution in [1.82, 2.24) is 15.5 Å². The van der Waals surface area contributed by atoms with Gasteiger partial charge in [-0.25, -0.2) is 9.18 Å². The summed E-state index contributed by atoms with van der Waals surface area (Å²) in [6.07, 6.45) is 0.556. The monoisotopic (exact) mass is 381 g/mol. The predicted molar refractivity (Wildman–Crippen MR) is 102 cm³/mol. The number of carbonyl (C=O) groups excluding carboxylic acids is 2. The van der Waals surface area contributed by atoms with Crippen LogP contribution in [0.15, 0.2) is 54.6 Å². The molecule has 0 bridgehead atoms. The fraction of sp³-hybridized carbons (Fsp3) is 0.190. The van der Waals surface area contributed by atoms with Crippen LogP contribution in [0.25, 0.3) is 11.3 Å². The summed E-state index contributed by atoms with van der Waals surface area (Å²) in [4.78, 5) is 23.9. The maximum absolute atomic E-state index is 12.8. The minimum atomic E-state index is -0.653. The Morgan fingerprint density at radius 1 is 1.11 bits per heavy atom. The molecule has 0 unspecified atom stereocenters. The number of amides is 1. The number of carbonyl (C=O) groups is 2. The molecule has 0 aliphatic carbocycles. The number of aromatic amines is 1. The van der Waals surface area contributed by atoms with Gasteiger partial charge in [-0.15, -0.1) is 0 Å². The molecule has 0 radical (unpaired) electrons. The number of ether oxygens (including phenoxy) is 1. The second-order valence-corrected chi connectivity index (χ2v) is 6.34. The molecule has 0 saturated heterocycles. The molecule has 0 saturated carbocycles. The van der Waals surface area contributed by atoms with Crippen LogP contribution in [0.2, 0.25) is 0 Å². The Kier molecular flexibility index (Phi) is 6.16. The molecule has 1 heterocycles. The zero-order valence-electron chi connectivity index (χ0n) is 15.4. The van der Waals surface area contributed by atoms with Crippen molar-refractivity contribution in [2.24, 2.45) is 0 Å². The molecule has 0 fully saturated rings. The molecule has 1 amide bonds. The van der Waals surface area contributed by atoms with Crippen molar-refractivity contribution in [2.75, 3.05) is 13.2 Å². The minimum absolute atomic E-state index is 0.176. The molecular formula is C21H20FN3O3. The molecule has 2 aromatic carbocycles. The highest BCUT2D eigenvalue weighted by Crippen LogP contribution is 2.18. The summed E-state index contributed by atoms with van der Waals surface area (Å²) in [5.74, 6) is -1.36. The number of rotatable bonds is 7. The number of hydrogen-bond acceptors (Lipinski definition) is 4. The first-order valence-electron chi connectivity index (χ1n) is 8.82. The maximum Gasteiger partial charge on any atom is 0.356 e. The summed E-state index contributed by atoms with van der Waals surface area (Å²) in [5.41, 5.74) is 3.70. The second-order valence-electron chi connectivity index (χ2n) is 6.34. The molecule has 3 rings (SSSR count). The zero-order valence-corrected chi connectivity index (χ0v) is 15.4. The van der Waals surface area contributed by atoms with Gasteiger partial charge in [0.15, 0.2) is 6.61 Å². The van der Waals surface area contributed by atoms with Gasteiger partial charge in [-0.05, 0) is 37.1 Å². The highest BCUT2D eigenvalue weighted by Gasteiger charge is 2.14. The second kappa shape index (κ2) is 8.94. The lowest BCUT2D eigenvalue weighted by molar-refractivity contribution is -0.124. The van der Waals surface area contributed by atoms with E-state index in [-0.39, 0.29) is 18.1 Å². The molecule has 1 aromatic heterocycles. The first-order chi connectivity index (χ1) is 13.5. The number of hydrogen-bond donors (Lipinski definition) is 2. The Balaban J connectivity index is 1.44. The Morgan fingerprint density at radius 3 is 2.54 bits per heavy atom. The Labute approximate surface area is 161 Å². The van der Waals surface area contributed by atoms with Crippen LogP contribution in [0.4, 0.5) is 4.39 Å². The molecule has 6 nitrogen and oxygen atoms in total. The maximum atomic E-state index is 12.8. The first-order valence-corrected chi connectivity index (χ1v) is 8.82. The Bertz CT molecular complexity index is 950. The van der Waals surface area contributed by atoms with Crippen molar-refractivity contribution >= 4 is 11.9 Å². The van der Waals surface area contributed by atoms with E-state index in [1.165, 1.54) is 12.1 Å². The lowest BCUT2D eigenvalue weighted by Crippen LogP contribution is -2.30. The van der Waals surface area contributed by atoms with E-state index < -0.39 is 11.9 Å². The highest BCUT2D eigenvalue weighted by atomic mass is 19.1. The van der Waals surface area contributed by atoms with Crippen LogP contribution in [0.1, 0.15) is 21.6 Å². The van der Waals surface area contributed by atoms with Gasteiger partial charge >= 0.3 is 5.97 Å². The molecule has 0 aliphatic rings. The number of aryl methyl sites for hydroxylation is 1. The van der Waals surface area contributed by atoms with E-state index in [0.29, 0.717) is 18.7 Å². The SMILES string of the molecule is Cc1ccc(-c2cc(C(=O)OCC(=O)NCCc3ccc(F)cc3)[nH]n2)cc1.